The second-order valence-electron chi connectivity index (χ2n) is 7.91. The van der Waals surface area contributed by atoms with Crippen molar-refractivity contribution < 1.29 is 14.3 Å². The summed E-state index contributed by atoms with van der Waals surface area (Å²) >= 11 is 0. The fraction of sp³-hybridized carbons (Fsp3) is 0.435. The van der Waals surface area contributed by atoms with Gasteiger partial charge in [0.2, 0.25) is 0 Å². The monoisotopic (exact) mass is 411 g/mol. The Labute approximate surface area is 176 Å². The van der Waals surface area contributed by atoms with Crippen LogP contribution in [0.2, 0.25) is 0 Å². The number of aryl methyl sites for hydroxylation is 1. The molecule has 0 unspecified atom stereocenters. The van der Waals surface area contributed by atoms with E-state index in [9.17, 15) is 14.4 Å². The first-order valence-electron chi connectivity index (χ1n) is 10.4. The minimum absolute atomic E-state index is 0.0391. The number of carbonyl (C=O) groups excluding carboxylic acids is 2. The van der Waals surface area contributed by atoms with Gasteiger partial charge in [-0.1, -0.05) is 12.8 Å². The van der Waals surface area contributed by atoms with E-state index in [2.05, 4.69) is 5.32 Å². The lowest BCUT2D eigenvalue weighted by molar-refractivity contribution is 0.0760. The van der Waals surface area contributed by atoms with Crippen LogP contribution in [0.1, 0.15) is 60.2 Å². The predicted molar refractivity (Wildman–Crippen MR) is 116 cm³/mol. The molecule has 1 aliphatic heterocycles. The first kappa shape index (κ1) is 21.6. The van der Waals surface area contributed by atoms with Crippen molar-refractivity contribution >= 4 is 17.5 Å². The third kappa shape index (κ3) is 5.28. The highest BCUT2D eigenvalue weighted by Gasteiger charge is 2.20. The first-order valence-corrected chi connectivity index (χ1v) is 10.4. The van der Waals surface area contributed by atoms with Crippen LogP contribution in [0.15, 0.2) is 41.3 Å². The second-order valence-corrected chi connectivity index (χ2v) is 7.91. The van der Waals surface area contributed by atoms with E-state index in [1.807, 2.05) is 18.7 Å². The van der Waals surface area contributed by atoms with Crippen molar-refractivity contribution in [1.82, 2.24) is 9.47 Å². The topological polar surface area (TPSA) is 80.6 Å². The molecule has 1 saturated heterocycles. The molecule has 160 valence electrons. The Hall–Kier alpha value is -3.09. The van der Waals surface area contributed by atoms with Gasteiger partial charge < -0.3 is 19.5 Å². The number of rotatable bonds is 5. The number of aromatic nitrogens is 1. The normalized spacial score (nSPS) is 14.3. The Balaban J connectivity index is 1.79. The highest BCUT2D eigenvalue weighted by Crippen LogP contribution is 2.17. The van der Waals surface area contributed by atoms with Crippen LogP contribution in [0.5, 0.6) is 5.75 Å². The third-order valence-electron chi connectivity index (χ3n) is 5.06. The number of hydrogen-bond donors (Lipinski definition) is 1. The van der Waals surface area contributed by atoms with E-state index in [0.29, 0.717) is 30.0 Å². The summed E-state index contributed by atoms with van der Waals surface area (Å²) in [7, 11) is 1.58. The van der Waals surface area contributed by atoms with Gasteiger partial charge in [0, 0.05) is 31.9 Å². The summed E-state index contributed by atoms with van der Waals surface area (Å²) in [6.45, 7) is 5.29. The van der Waals surface area contributed by atoms with Crippen LogP contribution in [0.3, 0.4) is 0 Å². The number of likely N-dealkylation sites (tertiary alicyclic amines) is 1. The molecule has 30 heavy (non-hydrogen) atoms. The Morgan fingerprint density at radius 3 is 2.23 bits per heavy atom. The van der Waals surface area contributed by atoms with Crippen molar-refractivity contribution in [3.63, 3.8) is 0 Å². The van der Waals surface area contributed by atoms with Gasteiger partial charge in [-0.3, -0.25) is 14.4 Å². The maximum atomic E-state index is 12.9. The summed E-state index contributed by atoms with van der Waals surface area (Å²) in [6.07, 6.45) is 5.79. The van der Waals surface area contributed by atoms with Crippen LogP contribution in [0.4, 0.5) is 5.69 Å². The largest absolute Gasteiger partial charge is 0.491 e. The van der Waals surface area contributed by atoms with Crippen molar-refractivity contribution in [2.75, 3.05) is 18.4 Å². The molecule has 1 aromatic heterocycles. The Bertz CT molecular complexity index is 955. The molecule has 1 fully saturated rings. The van der Waals surface area contributed by atoms with Crippen molar-refractivity contribution in [3.8, 4) is 5.75 Å². The molecule has 7 nitrogen and oxygen atoms in total. The number of nitrogens with zero attached hydrogens (tertiary/aromatic N) is 2. The molecule has 7 heteroatoms. The average molecular weight is 412 g/mol. The van der Waals surface area contributed by atoms with Gasteiger partial charge >= 0.3 is 0 Å². The number of carbonyl (C=O) groups is 2. The summed E-state index contributed by atoms with van der Waals surface area (Å²) in [5.41, 5.74) is 0.522. The maximum absolute atomic E-state index is 12.9. The summed E-state index contributed by atoms with van der Waals surface area (Å²) in [4.78, 5) is 39.9. The van der Waals surface area contributed by atoms with Crippen molar-refractivity contribution in [2.45, 2.75) is 45.6 Å². The van der Waals surface area contributed by atoms with E-state index in [1.165, 1.54) is 16.8 Å². The molecule has 2 aromatic rings. The molecule has 0 atom stereocenters. The first-order chi connectivity index (χ1) is 14.3. The molecule has 0 bridgehead atoms. The molecule has 0 radical (unpaired) electrons. The standard InChI is InChI=1S/C23H29N3O4/c1-16(2)30-19-10-8-17(9-11-19)21(27)24-20-14-18(15-25(3)23(20)29)22(28)26-12-6-4-5-7-13-26/h8-11,14-16H,4-7,12-13H2,1-3H3,(H,24,27). The van der Waals surface area contributed by atoms with Gasteiger partial charge in [0.25, 0.3) is 17.4 Å². The lowest BCUT2D eigenvalue weighted by Gasteiger charge is -2.21. The quantitative estimate of drug-likeness (QED) is 0.817. The number of ether oxygens (including phenoxy) is 1. The number of pyridine rings is 1. The van der Waals surface area contributed by atoms with Gasteiger partial charge in [0.1, 0.15) is 11.4 Å². The molecule has 0 spiro atoms. The predicted octanol–water partition coefficient (Wildman–Crippen LogP) is 3.44. The van der Waals surface area contributed by atoms with E-state index in [-0.39, 0.29) is 23.3 Å². The fourth-order valence-corrected chi connectivity index (χ4v) is 3.53. The molecule has 0 saturated carbocycles. The van der Waals surface area contributed by atoms with Crippen LogP contribution in [0.25, 0.3) is 0 Å². The number of nitrogens with one attached hydrogen (secondary N) is 1. The molecule has 2 heterocycles. The average Bonchev–Trinajstić information content (AvgIpc) is 3.00. The summed E-state index contributed by atoms with van der Waals surface area (Å²) in [6, 6.07) is 8.19. The molecule has 1 aromatic carbocycles. The second kappa shape index (κ2) is 9.61. The van der Waals surface area contributed by atoms with Crippen LogP contribution < -0.4 is 15.6 Å². The summed E-state index contributed by atoms with van der Waals surface area (Å²) in [5, 5.41) is 2.65. The van der Waals surface area contributed by atoms with E-state index < -0.39 is 5.91 Å². The van der Waals surface area contributed by atoms with Crippen LogP contribution >= 0.6 is 0 Å². The van der Waals surface area contributed by atoms with Gasteiger partial charge in [0.05, 0.1) is 11.7 Å². The molecular weight excluding hydrogens is 382 g/mol. The zero-order chi connectivity index (χ0) is 21.7. The van der Waals surface area contributed by atoms with Gasteiger partial charge in [-0.25, -0.2) is 0 Å². The Morgan fingerprint density at radius 1 is 1.00 bits per heavy atom. The molecule has 0 aliphatic carbocycles. The highest BCUT2D eigenvalue weighted by molar-refractivity contribution is 6.05. The zero-order valence-corrected chi connectivity index (χ0v) is 17.8. The third-order valence-corrected chi connectivity index (χ3v) is 5.06. The number of anilines is 1. The molecule has 1 N–H and O–H groups in total. The minimum Gasteiger partial charge on any atom is -0.491 e. The SMILES string of the molecule is CC(C)Oc1ccc(C(=O)Nc2cc(C(=O)N3CCCCCC3)cn(C)c2=O)cc1. The number of benzene rings is 1. The van der Waals surface area contributed by atoms with Gasteiger partial charge in [-0.2, -0.15) is 0 Å². The highest BCUT2D eigenvalue weighted by atomic mass is 16.5. The van der Waals surface area contributed by atoms with E-state index in [4.69, 9.17) is 4.74 Å². The van der Waals surface area contributed by atoms with Gasteiger partial charge in [0.15, 0.2) is 0 Å². The van der Waals surface area contributed by atoms with Crippen LogP contribution in [0, 0.1) is 0 Å². The maximum Gasteiger partial charge on any atom is 0.274 e. The lowest BCUT2D eigenvalue weighted by atomic mass is 10.2. The van der Waals surface area contributed by atoms with Crippen molar-refractivity contribution in [3.05, 3.63) is 58.0 Å². The number of hydrogen-bond acceptors (Lipinski definition) is 4. The number of amides is 2. The zero-order valence-electron chi connectivity index (χ0n) is 17.8. The molecule has 1 aliphatic rings. The van der Waals surface area contributed by atoms with Crippen molar-refractivity contribution in [2.24, 2.45) is 7.05 Å². The van der Waals surface area contributed by atoms with Gasteiger partial charge in [-0.05, 0) is 57.0 Å². The van der Waals surface area contributed by atoms with Crippen LogP contribution in [-0.2, 0) is 7.05 Å². The van der Waals surface area contributed by atoms with E-state index >= 15 is 0 Å². The van der Waals surface area contributed by atoms with E-state index in [0.717, 1.165) is 25.7 Å². The van der Waals surface area contributed by atoms with E-state index in [1.54, 1.807) is 31.3 Å². The minimum atomic E-state index is -0.414. The van der Waals surface area contributed by atoms with Crippen LogP contribution in [-0.4, -0.2) is 40.5 Å². The van der Waals surface area contributed by atoms with Crippen molar-refractivity contribution in [1.29, 1.82) is 0 Å². The fourth-order valence-electron chi connectivity index (χ4n) is 3.53. The molecule has 2 amide bonds. The van der Waals surface area contributed by atoms with Gasteiger partial charge in [-0.15, -0.1) is 0 Å². The smallest absolute Gasteiger partial charge is 0.274 e. The summed E-state index contributed by atoms with van der Waals surface area (Å²) in [5.74, 6) is 0.142. The Morgan fingerprint density at radius 2 is 1.63 bits per heavy atom. The Kier molecular flexibility index (Phi) is 6.92. The summed E-state index contributed by atoms with van der Waals surface area (Å²) < 4.78 is 6.92. The molecule has 3 rings (SSSR count). The lowest BCUT2D eigenvalue weighted by Crippen LogP contribution is -2.33. The molecular formula is C23H29N3O4.